The molecule has 0 saturated carbocycles. The fraction of sp³-hybridized carbons (Fsp3) is 0.667. The maximum Gasteiger partial charge on any atom is 0.303 e. The van der Waals surface area contributed by atoms with E-state index in [1.54, 1.807) is 11.0 Å². The molecule has 1 aliphatic heterocycles. The van der Waals surface area contributed by atoms with Crippen LogP contribution in [0.2, 0.25) is 0 Å². The first kappa shape index (κ1) is 13.5. The first-order valence-corrected chi connectivity index (χ1v) is 6.47. The molecule has 1 unspecified atom stereocenters. The van der Waals surface area contributed by atoms with Crippen molar-refractivity contribution >= 4 is 11.9 Å². The number of carboxylic acid groups (broad SMARTS) is 1. The molecule has 1 saturated heterocycles. The third-order valence-corrected chi connectivity index (χ3v) is 3.43. The largest absolute Gasteiger partial charge is 0.481 e. The molecule has 1 aliphatic rings. The number of amides is 1. The van der Waals surface area contributed by atoms with Gasteiger partial charge < -0.3 is 10.0 Å². The van der Waals surface area contributed by atoms with E-state index in [1.807, 2.05) is 4.90 Å². The van der Waals surface area contributed by atoms with Crippen molar-refractivity contribution in [3.8, 4) is 0 Å². The first-order chi connectivity index (χ1) is 9.15. The van der Waals surface area contributed by atoms with E-state index in [-0.39, 0.29) is 12.3 Å². The van der Waals surface area contributed by atoms with E-state index in [0.717, 1.165) is 13.0 Å². The van der Waals surface area contributed by atoms with Crippen molar-refractivity contribution in [2.45, 2.75) is 32.2 Å². The van der Waals surface area contributed by atoms with Crippen LogP contribution >= 0.6 is 0 Å². The number of nitrogens with zero attached hydrogens (tertiary/aromatic N) is 4. The van der Waals surface area contributed by atoms with Gasteiger partial charge in [0.05, 0.1) is 6.54 Å². The number of aliphatic carboxylic acids is 1. The lowest BCUT2D eigenvalue weighted by Crippen LogP contribution is -2.29. The second-order valence-electron chi connectivity index (χ2n) is 4.84. The van der Waals surface area contributed by atoms with Gasteiger partial charge in [-0.3, -0.25) is 14.3 Å². The van der Waals surface area contributed by atoms with Crippen LogP contribution < -0.4 is 0 Å². The molecule has 2 rings (SSSR count). The molecule has 1 atom stereocenters. The molecule has 2 heterocycles. The number of likely N-dealkylation sites (tertiary alicyclic amines) is 1. The summed E-state index contributed by atoms with van der Waals surface area (Å²) >= 11 is 0. The van der Waals surface area contributed by atoms with Crippen molar-refractivity contribution in [2.24, 2.45) is 5.92 Å². The predicted molar refractivity (Wildman–Crippen MR) is 66.2 cm³/mol. The highest BCUT2D eigenvalue weighted by Crippen LogP contribution is 2.21. The minimum atomic E-state index is -0.768. The average Bonchev–Trinajstić information content (AvgIpc) is 3.04. The zero-order valence-corrected chi connectivity index (χ0v) is 10.7. The average molecular weight is 266 g/mol. The number of carbonyl (C=O) groups is 2. The van der Waals surface area contributed by atoms with Gasteiger partial charge in [-0.05, 0) is 18.8 Å². The van der Waals surface area contributed by atoms with Crippen LogP contribution in [0.5, 0.6) is 0 Å². The summed E-state index contributed by atoms with van der Waals surface area (Å²) in [6, 6.07) is 0. The highest BCUT2D eigenvalue weighted by molar-refractivity contribution is 5.76. The molecule has 7 nitrogen and oxygen atoms in total. The Hall–Kier alpha value is -1.92. The van der Waals surface area contributed by atoms with Crippen molar-refractivity contribution in [3.05, 3.63) is 12.7 Å². The molecule has 1 aromatic rings. The van der Waals surface area contributed by atoms with E-state index in [0.29, 0.717) is 31.8 Å². The molecule has 1 N–H and O–H groups in total. The standard InChI is InChI=1S/C12H18N4O3/c17-11(4-6-16-9-13-8-14-16)15-5-3-10(7-15)1-2-12(18)19/h8-10H,1-7H2,(H,18,19). The molecule has 19 heavy (non-hydrogen) atoms. The van der Waals surface area contributed by atoms with Crippen LogP contribution in [0.4, 0.5) is 0 Å². The Balaban J connectivity index is 1.71. The van der Waals surface area contributed by atoms with Crippen molar-refractivity contribution in [2.75, 3.05) is 13.1 Å². The Morgan fingerprint density at radius 2 is 2.21 bits per heavy atom. The SMILES string of the molecule is O=C(O)CCC1CCN(C(=O)CCn2cncn2)C1. The lowest BCUT2D eigenvalue weighted by molar-refractivity contribution is -0.137. The lowest BCUT2D eigenvalue weighted by atomic mass is 10.0. The number of carboxylic acids is 1. The summed E-state index contributed by atoms with van der Waals surface area (Å²) in [5, 5.41) is 12.6. The molecule has 0 aromatic carbocycles. The van der Waals surface area contributed by atoms with Crippen LogP contribution in [-0.2, 0) is 16.1 Å². The van der Waals surface area contributed by atoms with Gasteiger partial charge in [0.2, 0.25) is 5.91 Å². The van der Waals surface area contributed by atoms with Crippen molar-refractivity contribution in [1.29, 1.82) is 0 Å². The Morgan fingerprint density at radius 3 is 2.89 bits per heavy atom. The number of aryl methyl sites for hydroxylation is 1. The summed E-state index contributed by atoms with van der Waals surface area (Å²) in [6.45, 7) is 1.96. The van der Waals surface area contributed by atoms with Gasteiger partial charge in [-0.15, -0.1) is 0 Å². The Labute approximate surface area is 111 Å². The van der Waals surface area contributed by atoms with Crippen molar-refractivity contribution in [3.63, 3.8) is 0 Å². The van der Waals surface area contributed by atoms with Gasteiger partial charge in [0, 0.05) is 25.9 Å². The minimum Gasteiger partial charge on any atom is -0.481 e. The minimum absolute atomic E-state index is 0.105. The molecule has 1 fully saturated rings. The van der Waals surface area contributed by atoms with Crippen molar-refractivity contribution in [1.82, 2.24) is 19.7 Å². The number of carbonyl (C=O) groups excluding carboxylic acids is 1. The normalized spacial score (nSPS) is 18.7. The van der Waals surface area contributed by atoms with Gasteiger partial charge in [-0.25, -0.2) is 4.98 Å². The lowest BCUT2D eigenvalue weighted by Gasteiger charge is -2.16. The molecule has 7 heteroatoms. The van der Waals surface area contributed by atoms with Gasteiger partial charge in [0.25, 0.3) is 0 Å². The number of hydrogen-bond donors (Lipinski definition) is 1. The summed E-state index contributed by atoms with van der Waals surface area (Å²) in [6.07, 6.45) is 5.19. The summed E-state index contributed by atoms with van der Waals surface area (Å²) in [5.41, 5.74) is 0. The van der Waals surface area contributed by atoms with Crippen LogP contribution in [-0.4, -0.2) is 49.7 Å². The van der Waals surface area contributed by atoms with E-state index in [2.05, 4.69) is 10.1 Å². The second kappa shape index (κ2) is 6.31. The van der Waals surface area contributed by atoms with Gasteiger partial charge in [0.1, 0.15) is 12.7 Å². The van der Waals surface area contributed by atoms with E-state index < -0.39 is 5.97 Å². The Kier molecular flexibility index (Phi) is 4.48. The zero-order chi connectivity index (χ0) is 13.7. The van der Waals surface area contributed by atoms with Gasteiger partial charge >= 0.3 is 5.97 Å². The van der Waals surface area contributed by atoms with E-state index in [9.17, 15) is 9.59 Å². The quantitative estimate of drug-likeness (QED) is 0.804. The van der Waals surface area contributed by atoms with E-state index >= 15 is 0 Å². The Bertz CT molecular complexity index is 432. The number of hydrogen-bond acceptors (Lipinski definition) is 4. The van der Waals surface area contributed by atoms with E-state index in [4.69, 9.17) is 5.11 Å². The molecular formula is C12H18N4O3. The highest BCUT2D eigenvalue weighted by atomic mass is 16.4. The summed E-state index contributed by atoms with van der Waals surface area (Å²) < 4.78 is 1.63. The van der Waals surface area contributed by atoms with Gasteiger partial charge in [0.15, 0.2) is 0 Å². The highest BCUT2D eigenvalue weighted by Gasteiger charge is 2.26. The third kappa shape index (κ3) is 4.04. The van der Waals surface area contributed by atoms with Gasteiger partial charge in [-0.1, -0.05) is 0 Å². The van der Waals surface area contributed by atoms with Crippen LogP contribution in [0.25, 0.3) is 0 Å². The molecule has 0 spiro atoms. The van der Waals surface area contributed by atoms with Crippen molar-refractivity contribution < 1.29 is 14.7 Å². The zero-order valence-electron chi connectivity index (χ0n) is 10.7. The number of aromatic nitrogens is 3. The molecule has 104 valence electrons. The van der Waals surface area contributed by atoms with Crippen LogP contribution in [0.1, 0.15) is 25.7 Å². The molecule has 0 radical (unpaired) electrons. The molecule has 0 bridgehead atoms. The smallest absolute Gasteiger partial charge is 0.303 e. The summed E-state index contributed by atoms with van der Waals surface area (Å²) in [4.78, 5) is 28.1. The van der Waals surface area contributed by atoms with Crippen LogP contribution in [0, 0.1) is 5.92 Å². The summed E-state index contributed by atoms with van der Waals surface area (Å²) in [7, 11) is 0. The van der Waals surface area contributed by atoms with E-state index in [1.165, 1.54) is 6.33 Å². The maximum atomic E-state index is 12.0. The van der Waals surface area contributed by atoms with Gasteiger partial charge in [-0.2, -0.15) is 5.10 Å². The molecule has 0 aliphatic carbocycles. The number of rotatable bonds is 6. The summed E-state index contributed by atoms with van der Waals surface area (Å²) in [5.74, 6) is -0.337. The van der Waals surface area contributed by atoms with Crippen LogP contribution in [0.3, 0.4) is 0 Å². The van der Waals surface area contributed by atoms with Crippen LogP contribution in [0.15, 0.2) is 12.7 Å². The topological polar surface area (TPSA) is 88.3 Å². The maximum absolute atomic E-state index is 12.0. The monoisotopic (exact) mass is 266 g/mol. The molecule has 1 amide bonds. The first-order valence-electron chi connectivity index (χ1n) is 6.47. The Morgan fingerprint density at radius 1 is 1.37 bits per heavy atom. The fourth-order valence-electron chi connectivity index (χ4n) is 2.34. The fourth-order valence-corrected chi connectivity index (χ4v) is 2.34. The predicted octanol–water partition coefficient (Wildman–Crippen LogP) is 0.381. The second-order valence-corrected chi connectivity index (χ2v) is 4.84. The molecule has 1 aromatic heterocycles. The molecular weight excluding hydrogens is 248 g/mol. The third-order valence-electron chi connectivity index (χ3n) is 3.43.